The lowest BCUT2D eigenvalue weighted by atomic mass is 10.1. The van der Waals surface area contributed by atoms with Crippen LogP contribution in [0.5, 0.6) is 0 Å². The molecule has 0 spiro atoms. The fraction of sp³-hybridized carbons (Fsp3) is 0.737. The first-order valence-corrected chi connectivity index (χ1v) is 9.54. The average molecular weight is 493 g/mol. The molecular weight excluding hydrogens is 457 g/mol. The van der Waals surface area contributed by atoms with Gasteiger partial charge in [-0.25, -0.2) is 0 Å². The minimum absolute atomic E-state index is 0. The van der Waals surface area contributed by atoms with E-state index < -0.39 is 0 Å². The Morgan fingerprint density at radius 2 is 1.78 bits per heavy atom. The van der Waals surface area contributed by atoms with Crippen molar-refractivity contribution in [1.82, 2.24) is 20.4 Å². The van der Waals surface area contributed by atoms with Crippen molar-refractivity contribution in [3.05, 3.63) is 18.5 Å². The molecule has 1 aromatic heterocycles. The molecule has 0 saturated heterocycles. The van der Waals surface area contributed by atoms with Crippen LogP contribution in [0.25, 0.3) is 0 Å². The predicted octanol–water partition coefficient (Wildman–Crippen LogP) is 3.35. The molecule has 0 aromatic carbocycles. The Labute approximate surface area is 180 Å². The Hall–Kier alpha value is -1.32. The summed E-state index contributed by atoms with van der Waals surface area (Å²) in [6, 6.07) is 1.93. The number of hydrogen-bond donors (Lipinski definition) is 2. The maximum absolute atomic E-state index is 11.6. The highest BCUT2D eigenvalue weighted by atomic mass is 127. The first-order valence-electron chi connectivity index (χ1n) is 9.54. The number of halogens is 1. The lowest BCUT2D eigenvalue weighted by molar-refractivity contribution is -0.154. The summed E-state index contributed by atoms with van der Waals surface area (Å²) in [6.45, 7) is 8.33. The number of aryl methyl sites for hydroxylation is 1. The highest BCUT2D eigenvalue weighted by molar-refractivity contribution is 14.0. The van der Waals surface area contributed by atoms with E-state index in [2.05, 4.69) is 20.7 Å². The number of carbonyl (C=O) groups is 1. The number of aromatic nitrogens is 2. The average Bonchev–Trinajstić information content (AvgIpc) is 3.07. The second-order valence-corrected chi connectivity index (χ2v) is 7.30. The zero-order valence-corrected chi connectivity index (χ0v) is 19.5. The number of ether oxygens (including phenoxy) is 1. The zero-order valence-electron chi connectivity index (χ0n) is 17.2. The van der Waals surface area contributed by atoms with Crippen molar-refractivity contribution in [2.75, 3.05) is 20.1 Å². The molecule has 27 heavy (non-hydrogen) atoms. The highest BCUT2D eigenvalue weighted by Gasteiger charge is 2.15. The SMILES string of the molecule is CN=C(NCCCCCCC(=O)OC(C)(C)C)NCCCn1cccn1.I. The largest absolute Gasteiger partial charge is 0.460 e. The van der Waals surface area contributed by atoms with Crippen LogP contribution in [-0.2, 0) is 16.1 Å². The van der Waals surface area contributed by atoms with Crippen molar-refractivity contribution < 1.29 is 9.53 Å². The number of rotatable bonds is 11. The van der Waals surface area contributed by atoms with Crippen molar-refractivity contribution in [2.24, 2.45) is 4.99 Å². The maximum Gasteiger partial charge on any atom is 0.306 e. The molecule has 0 aliphatic rings. The van der Waals surface area contributed by atoms with E-state index in [1.165, 1.54) is 0 Å². The first-order chi connectivity index (χ1) is 12.4. The first kappa shape index (κ1) is 25.7. The summed E-state index contributed by atoms with van der Waals surface area (Å²) >= 11 is 0. The van der Waals surface area contributed by atoms with Gasteiger partial charge >= 0.3 is 5.97 Å². The van der Waals surface area contributed by atoms with Crippen molar-refractivity contribution >= 4 is 35.9 Å². The van der Waals surface area contributed by atoms with Crippen LogP contribution in [0.2, 0.25) is 0 Å². The number of aliphatic imine (C=N–C) groups is 1. The van der Waals surface area contributed by atoms with Crippen LogP contribution in [0.4, 0.5) is 0 Å². The molecular formula is C19H36IN5O2. The molecule has 0 aliphatic heterocycles. The lowest BCUT2D eigenvalue weighted by Gasteiger charge is -2.19. The summed E-state index contributed by atoms with van der Waals surface area (Å²) in [5.41, 5.74) is -0.387. The van der Waals surface area contributed by atoms with Gasteiger partial charge in [-0.3, -0.25) is 14.5 Å². The topological polar surface area (TPSA) is 80.5 Å². The molecule has 8 heteroatoms. The van der Waals surface area contributed by atoms with E-state index in [4.69, 9.17) is 4.74 Å². The maximum atomic E-state index is 11.6. The summed E-state index contributed by atoms with van der Waals surface area (Å²) in [7, 11) is 1.78. The van der Waals surface area contributed by atoms with Gasteiger partial charge in [-0.1, -0.05) is 12.8 Å². The van der Waals surface area contributed by atoms with E-state index in [1.807, 2.05) is 37.7 Å². The van der Waals surface area contributed by atoms with Crippen LogP contribution in [0.15, 0.2) is 23.5 Å². The normalized spacial score (nSPS) is 11.6. The monoisotopic (exact) mass is 493 g/mol. The van der Waals surface area contributed by atoms with Crippen LogP contribution in [0.3, 0.4) is 0 Å². The van der Waals surface area contributed by atoms with Gasteiger partial charge in [0, 0.05) is 45.5 Å². The van der Waals surface area contributed by atoms with Gasteiger partial charge in [-0.2, -0.15) is 5.10 Å². The molecule has 0 amide bonds. The fourth-order valence-electron chi connectivity index (χ4n) is 2.45. The summed E-state index contributed by atoms with van der Waals surface area (Å²) in [5, 5.41) is 10.8. The molecule has 1 rings (SSSR count). The Bertz CT molecular complexity index is 527. The Morgan fingerprint density at radius 3 is 2.37 bits per heavy atom. The van der Waals surface area contributed by atoms with E-state index >= 15 is 0 Å². The third kappa shape index (κ3) is 14.4. The van der Waals surface area contributed by atoms with E-state index in [0.29, 0.717) is 6.42 Å². The van der Waals surface area contributed by atoms with Gasteiger partial charge in [0.05, 0.1) is 0 Å². The third-order valence-corrected chi connectivity index (χ3v) is 3.66. The minimum atomic E-state index is -0.387. The van der Waals surface area contributed by atoms with Crippen LogP contribution < -0.4 is 10.6 Å². The quantitative estimate of drug-likeness (QED) is 0.163. The standard InChI is InChI=1S/C19H35N5O2.HI/c1-19(2,3)26-17(25)11-7-5-6-8-12-21-18(20-4)22-13-9-15-24-16-10-14-23-24;/h10,14,16H,5-9,11-13,15H2,1-4H3,(H2,20,21,22);1H. The molecule has 156 valence electrons. The number of esters is 1. The Morgan fingerprint density at radius 1 is 1.11 bits per heavy atom. The number of unbranched alkanes of at least 4 members (excludes halogenated alkanes) is 3. The van der Waals surface area contributed by atoms with Crippen molar-refractivity contribution in [3.8, 4) is 0 Å². The minimum Gasteiger partial charge on any atom is -0.460 e. The molecule has 0 aliphatic carbocycles. The van der Waals surface area contributed by atoms with E-state index in [0.717, 1.165) is 57.7 Å². The summed E-state index contributed by atoms with van der Waals surface area (Å²) in [4.78, 5) is 15.8. The van der Waals surface area contributed by atoms with E-state index in [-0.39, 0.29) is 35.5 Å². The molecule has 0 radical (unpaired) electrons. The van der Waals surface area contributed by atoms with Gasteiger partial charge in [-0.05, 0) is 46.1 Å². The van der Waals surface area contributed by atoms with Gasteiger partial charge in [0.1, 0.15) is 5.60 Å². The lowest BCUT2D eigenvalue weighted by Crippen LogP contribution is -2.38. The van der Waals surface area contributed by atoms with Crippen LogP contribution in [0.1, 0.15) is 59.3 Å². The van der Waals surface area contributed by atoms with Crippen LogP contribution in [-0.4, -0.2) is 47.4 Å². The predicted molar refractivity (Wildman–Crippen MR) is 121 cm³/mol. The summed E-state index contributed by atoms with van der Waals surface area (Å²) in [5.74, 6) is 0.731. The van der Waals surface area contributed by atoms with Crippen LogP contribution >= 0.6 is 24.0 Å². The van der Waals surface area contributed by atoms with Crippen molar-refractivity contribution in [2.45, 2.75) is 71.4 Å². The second kappa shape index (κ2) is 14.7. The smallest absolute Gasteiger partial charge is 0.306 e. The van der Waals surface area contributed by atoms with Crippen molar-refractivity contribution in [1.29, 1.82) is 0 Å². The number of hydrogen-bond acceptors (Lipinski definition) is 4. The van der Waals surface area contributed by atoms with E-state index in [9.17, 15) is 4.79 Å². The van der Waals surface area contributed by atoms with Gasteiger partial charge < -0.3 is 15.4 Å². The number of guanidine groups is 1. The number of nitrogens with one attached hydrogen (secondary N) is 2. The zero-order chi connectivity index (χ0) is 19.3. The van der Waals surface area contributed by atoms with Gasteiger partial charge in [0.25, 0.3) is 0 Å². The molecule has 0 fully saturated rings. The third-order valence-electron chi connectivity index (χ3n) is 3.66. The van der Waals surface area contributed by atoms with Crippen LogP contribution in [0, 0.1) is 0 Å². The number of carbonyl (C=O) groups excluding carboxylic acids is 1. The summed E-state index contributed by atoms with van der Waals surface area (Å²) in [6.07, 6.45) is 9.33. The molecule has 2 N–H and O–H groups in total. The summed E-state index contributed by atoms with van der Waals surface area (Å²) < 4.78 is 7.23. The van der Waals surface area contributed by atoms with Crippen molar-refractivity contribution in [3.63, 3.8) is 0 Å². The van der Waals surface area contributed by atoms with Gasteiger partial charge in [0.2, 0.25) is 0 Å². The Balaban J connectivity index is 0.00000676. The number of nitrogens with zero attached hydrogens (tertiary/aromatic N) is 3. The molecule has 0 unspecified atom stereocenters. The second-order valence-electron chi connectivity index (χ2n) is 7.30. The van der Waals surface area contributed by atoms with Gasteiger partial charge in [0.15, 0.2) is 5.96 Å². The van der Waals surface area contributed by atoms with E-state index in [1.54, 1.807) is 13.2 Å². The molecule has 0 bridgehead atoms. The molecule has 7 nitrogen and oxygen atoms in total. The molecule has 1 aromatic rings. The fourth-order valence-corrected chi connectivity index (χ4v) is 2.45. The molecule has 1 heterocycles. The molecule has 0 atom stereocenters. The highest BCUT2D eigenvalue weighted by Crippen LogP contribution is 2.10. The van der Waals surface area contributed by atoms with Gasteiger partial charge in [-0.15, -0.1) is 24.0 Å². The Kier molecular flexibility index (Phi) is 14.0. The molecule has 0 saturated carbocycles.